The number of anilines is 1. The number of rotatable bonds is 5. The predicted octanol–water partition coefficient (Wildman–Crippen LogP) is 3.86. The van der Waals surface area contributed by atoms with Crippen molar-refractivity contribution in [3.63, 3.8) is 0 Å². The van der Waals surface area contributed by atoms with Gasteiger partial charge in [-0.05, 0) is 56.2 Å². The Kier molecular flexibility index (Phi) is 6.31. The Morgan fingerprint density at radius 1 is 1.26 bits per heavy atom. The molecule has 11 heteroatoms. The van der Waals surface area contributed by atoms with E-state index in [1.54, 1.807) is 0 Å². The second-order valence-corrected chi connectivity index (χ2v) is 10.5. The van der Waals surface area contributed by atoms with Gasteiger partial charge in [0.05, 0.1) is 0 Å². The van der Waals surface area contributed by atoms with Crippen LogP contribution in [-0.2, 0) is 14.6 Å². The molecule has 2 heterocycles. The maximum atomic E-state index is 12.5. The summed E-state index contributed by atoms with van der Waals surface area (Å²) in [6.07, 6.45) is 2.48. The highest BCUT2D eigenvalue weighted by Gasteiger charge is 2.19. The Bertz CT molecular complexity index is 1360. The summed E-state index contributed by atoms with van der Waals surface area (Å²) in [5, 5.41) is 19.7. The van der Waals surface area contributed by atoms with E-state index in [1.807, 2.05) is 55.7 Å². The van der Waals surface area contributed by atoms with Crippen molar-refractivity contribution in [3.05, 3.63) is 57.4 Å². The smallest absolute Gasteiger partial charge is 0.268 e. The van der Waals surface area contributed by atoms with E-state index in [9.17, 15) is 18.5 Å². The molecule has 0 unspecified atom stereocenters. The summed E-state index contributed by atoms with van der Waals surface area (Å²) in [7, 11) is -3.53. The number of carbonyl (C=O) groups excluding carboxylic acids is 1. The lowest BCUT2D eigenvalue weighted by Gasteiger charge is -2.13. The minimum Gasteiger partial charge on any atom is -0.318 e. The van der Waals surface area contributed by atoms with E-state index in [-0.39, 0.29) is 15.0 Å². The number of carbonyl (C=O) groups is 1. The molecule has 0 bridgehead atoms. The van der Waals surface area contributed by atoms with Crippen LogP contribution >= 0.6 is 22.9 Å². The standard InChI is InChI=1S/C20H18ClN5O3S2/c1-11-5-6-16(21)9-17(11)26-12(2)7-14(13(26)3)8-15(10-22)18(27)23-19-24-25-20(30-19)31(4,28)29/h5-9H,1-4H3,(H,23,24,27). The number of sulfone groups is 1. The van der Waals surface area contributed by atoms with Crippen LogP contribution in [0, 0.1) is 32.1 Å². The molecule has 3 aromatic rings. The first-order valence-electron chi connectivity index (χ1n) is 8.93. The lowest BCUT2D eigenvalue weighted by Crippen LogP contribution is -2.13. The van der Waals surface area contributed by atoms with Gasteiger partial charge in [0.2, 0.25) is 19.3 Å². The molecule has 31 heavy (non-hydrogen) atoms. The van der Waals surface area contributed by atoms with Crippen molar-refractivity contribution in [1.29, 1.82) is 5.26 Å². The van der Waals surface area contributed by atoms with E-state index in [4.69, 9.17) is 11.6 Å². The van der Waals surface area contributed by atoms with E-state index in [2.05, 4.69) is 15.5 Å². The van der Waals surface area contributed by atoms with E-state index in [0.717, 1.165) is 28.9 Å². The van der Waals surface area contributed by atoms with E-state index in [1.165, 1.54) is 6.08 Å². The maximum absolute atomic E-state index is 12.5. The van der Waals surface area contributed by atoms with E-state index >= 15 is 0 Å². The first-order chi connectivity index (χ1) is 14.5. The average molecular weight is 476 g/mol. The Morgan fingerprint density at radius 2 is 1.97 bits per heavy atom. The van der Waals surface area contributed by atoms with Gasteiger partial charge in [0, 0.05) is 28.4 Å². The topological polar surface area (TPSA) is 118 Å². The van der Waals surface area contributed by atoms with Crippen LogP contribution in [0.25, 0.3) is 11.8 Å². The van der Waals surface area contributed by atoms with Crippen LogP contribution in [0.2, 0.25) is 5.02 Å². The van der Waals surface area contributed by atoms with Crippen molar-refractivity contribution in [3.8, 4) is 11.8 Å². The highest BCUT2D eigenvalue weighted by atomic mass is 35.5. The molecule has 8 nitrogen and oxygen atoms in total. The van der Waals surface area contributed by atoms with Crippen molar-refractivity contribution in [2.75, 3.05) is 11.6 Å². The predicted molar refractivity (Wildman–Crippen MR) is 120 cm³/mol. The average Bonchev–Trinajstić information content (AvgIpc) is 3.26. The number of benzene rings is 1. The summed E-state index contributed by atoms with van der Waals surface area (Å²) in [5.41, 5.74) is 4.22. The third kappa shape index (κ3) is 4.85. The fourth-order valence-corrected chi connectivity index (χ4v) is 4.68. The van der Waals surface area contributed by atoms with Gasteiger partial charge < -0.3 is 4.57 Å². The van der Waals surface area contributed by atoms with Crippen molar-refractivity contribution in [2.45, 2.75) is 25.1 Å². The molecule has 3 rings (SSSR count). The van der Waals surface area contributed by atoms with Crippen molar-refractivity contribution in [1.82, 2.24) is 14.8 Å². The molecule has 0 atom stereocenters. The Hall–Kier alpha value is -3.00. The molecule has 1 amide bonds. The third-order valence-corrected chi connectivity index (χ3v) is 7.23. The van der Waals surface area contributed by atoms with Gasteiger partial charge in [0.1, 0.15) is 11.6 Å². The van der Waals surface area contributed by atoms with Crippen molar-refractivity contribution in [2.24, 2.45) is 0 Å². The molecule has 0 spiro atoms. The van der Waals surface area contributed by atoms with Crippen LogP contribution in [-0.4, -0.2) is 35.3 Å². The molecule has 0 fully saturated rings. The number of hydrogen-bond acceptors (Lipinski definition) is 7. The summed E-state index contributed by atoms with van der Waals surface area (Å²) >= 11 is 6.88. The molecule has 0 aliphatic rings. The molecule has 1 N–H and O–H groups in total. The lowest BCUT2D eigenvalue weighted by molar-refractivity contribution is -0.112. The van der Waals surface area contributed by atoms with Crippen LogP contribution in [0.4, 0.5) is 5.13 Å². The minimum atomic E-state index is -3.53. The van der Waals surface area contributed by atoms with E-state index in [0.29, 0.717) is 21.9 Å². The lowest BCUT2D eigenvalue weighted by atomic mass is 10.1. The molecule has 0 saturated carbocycles. The maximum Gasteiger partial charge on any atom is 0.268 e. The SMILES string of the molecule is Cc1ccc(Cl)cc1-n1c(C)cc(C=C(C#N)C(=O)Nc2nnc(S(C)(=O)=O)s2)c1C. The number of hydrogen-bond donors (Lipinski definition) is 1. The second-order valence-electron chi connectivity index (χ2n) is 6.86. The summed E-state index contributed by atoms with van der Waals surface area (Å²) in [5.74, 6) is -0.706. The van der Waals surface area contributed by atoms with Gasteiger partial charge >= 0.3 is 0 Å². The highest BCUT2D eigenvalue weighted by Crippen LogP contribution is 2.27. The molecular formula is C20H18ClN5O3S2. The van der Waals surface area contributed by atoms with Crippen LogP contribution in [0.15, 0.2) is 34.2 Å². The number of aromatic nitrogens is 3. The zero-order valence-corrected chi connectivity index (χ0v) is 19.5. The minimum absolute atomic E-state index is 0.00778. The molecular weight excluding hydrogens is 458 g/mol. The molecule has 1 aromatic carbocycles. The molecule has 0 aliphatic heterocycles. The van der Waals surface area contributed by atoms with Crippen LogP contribution in [0.3, 0.4) is 0 Å². The first-order valence-corrected chi connectivity index (χ1v) is 12.0. The number of nitrogens with one attached hydrogen (secondary N) is 1. The number of halogens is 1. The Labute approximate surface area is 188 Å². The van der Waals surface area contributed by atoms with Crippen molar-refractivity contribution < 1.29 is 13.2 Å². The molecule has 0 radical (unpaired) electrons. The largest absolute Gasteiger partial charge is 0.318 e. The van der Waals surface area contributed by atoms with Gasteiger partial charge in [-0.25, -0.2) is 8.42 Å². The van der Waals surface area contributed by atoms with Gasteiger partial charge in [-0.1, -0.05) is 29.0 Å². The van der Waals surface area contributed by atoms with Gasteiger partial charge in [-0.15, -0.1) is 10.2 Å². The van der Waals surface area contributed by atoms with Crippen LogP contribution in [0.1, 0.15) is 22.5 Å². The second kappa shape index (κ2) is 8.63. The summed E-state index contributed by atoms with van der Waals surface area (Å²) in [6, 6.07) is 9.35. The monoisotopic (exact) mass is 475 g/mol. The summed E-state index contributed by atoms with van der Waals surface area (Å²) in [4.78, 5) is 12.5. The molecule has 2 aromatic heterocycles. The zero-order chi connectivity index (χ0) is 22.9. The van der Waals surface area contributed by atoms with Gasteiger partial charge in [0.25, 0.3) is 5.91 Å². The van der Waals surface area contributed by atoms with Gasteiger partial charge in [-0.2, -0.15) is 5.26 Å². The third-order valence-electron chi connectivity index (χ3n) is 4.49. The zero-order valence-electron chi connectivity index (χ0n) is 17.1. The summed E-state index contributed by atoms with van der Waals surface area (Å²) in [6.45, 7) is 5.78. The summed E-state index contributed by atoms with van der Waals surface area (Å²) < 4.78 is 24.8. The Balaban J connectivity index is 1.94. The molecule has 0 aliphatic carbocycles. The highest BCUT2D eigenvalue weighted by molar-refractivity contribution is 7.92. The normalized spacial score (nSPS) is 11.9. The quantitative estimate of drug-likeness (QED) is 0.340. The number of aryl methyl sites for hydroxylation is 2. The van der Waals surface area contributed by atoms with Crippen LogP contribution in [0.5, 0.6) is 0 Å². The van der Waals surface area contributed by atoms with E-state index < -0.39 is 15.7 Å². The number of nitrogens with zero attached hydrogens (tertiary/aromatic N) is 4. The number of amides is 1. The van der Waals surface area contributed by atoms with Crippen molar-refractivity contribution >= 4 is 49.9 Å². The van der Waals surface area contributed by atoms with Crippen LogP contribution < -0.4 is 5.32 Å². The molecule has 0 saturated heterocycles. The van der Waals surface area contributed by atoms with Gasteiger partial charge in [0.15, 0.2) is 0 Å². The first kappa shape index (κ1) is 22.7. The number of nitriles is 1. The fourth-order valence-electron chi connectivity index (χ4n) is 3.01. The fraction of sp³-hybridized carbons (Fsp3) is 0.200. The Morgan fingerprint density at radius 3 is 2.58 bits per heavy atom. The molecule has 160 valence electrons. The van der Waals surface area contributed by atoms with Gasteiger partial charge in [-0.3, -0.25) is 10.1 Å².